The summed E-state index contributed by atoms with van der Waals surface area (Å²) >= 11 is 0. The largest absolute Gasteiger partial charge is 0.124 e. The van der Waals surface area contributed by atoms with E-state index in [1.165, 1.54) is 6.42 Å². The van der Waals surface area contributed by atoms with Crippen molar-refractivity contribution in [2.75, 3.05) is 0 Å². The summed E-state index contributed by atoms with van der Waals surface area (Å²) in [7, 11) is 0. The van der Waals surface area contributed by atoms with Crippen LogP contribution in [0.1, 0.15) is 20.3 Å². The summed E-state index contributed by atoms with van der Waals surface area (Å²) in [6.07, 6.45) is 9.25. The van der Waals surface area contributed by atoms with E-state index in [4.69, 9.17) is 0 Å². The topological polar surface area (TPSA) is 0 Å². The molecule has 0 nitrogen and oxygen atoms in total. The van der Waals surface area contributed by atoms with E-state index in [0.717, 1.165) is 0 Å². The minimum atomic E-state index is 1.25. The quantitative estimate of drug-likeness (QED) is 0.322. The maximum absolute atomic E-state index is 4.00. The predicted octanol–water partition coefficient (Wildman–Crippen LogP) is 2.47. The van der Waals surface area contributed by atoms with Crippen LogP contribution in [-0.4, -0.2) is 0 Å². The van der Waals surface area contributed by atoms with Crippen LogP contribution < -0.4 is 0 Å². The second-order valence-corrected chi connectivity index (χ2v) is 0.707. The molecule has 0 fully saturated rings. The van der Waals surface area contributed by atoms with E-state index in [-0.39, 0.29) is 0 Å². The second kappa shape index (κ2) is 1090. The van der Waals surface area contributed by atoms with Crippen molar-refractivity contribution in [3.05, 3.63) is 13.2 Å². The van der Waals surface area contributed by atoms with Crippen molar-refractivity contribution in [2.45, 2.75) is 20.3 Å². The smallest absolute Gasteiger partial charge is 0.0590 e. The highest BCUT2D eigenvalue weighted by molar-refractivity contribution is 4.47. The summed E-state index contributed by atoms with van der Waals surface area (Å²) in [5.41, 5.74) is 0. The highest BCUT2D eigenvalue weighted by Crippen LogP contribution is 1.56. The van der Waals surface area contributed by atoms with E-state index in [0.29, 0.717) is 0 Å². The third-order valence-electron chi connectivity index (χ3n) is 0. The molecule has 0 bridgehead atoms. The lowest BCUT2D eigenvalue weighted by molar-refractivity contribution is 1.09. The van der Waals surface area contributed by atoms with Crippen molar-refractivity contribution in [1.29, 1.82) is 0 Å². The van der Waals surface area contributed by atoms with Gasteiger partial charge in [-0.25, -0.2) is 0 Å². The average molecular weight is 98.2 g/mol. The summed E-state index contributed by atoms with van der Waals surface area (Å²) in [4.78, 5) is 0. The zero-order valence-corrected chi connectivity index (χ0v) is 5.28. The van der Waals surface area contributed by atoms with Crippen molar-refractivity contribution in [2.24, 2.45) is 0 Å². The van der Waals surface area contributed by atoms with Crippen molar-refractivity contribution >= 4 is 0 Å². The fourth-order valence-corrected chi connectivity index (χ4v) is 0. The number of terminal acetylenes is 1. The van der Waals surface area contributed by atoms with Gasteiger partial charge in [0.25, 0.3) is 0 Å². The van der Waals surface area contributed by atoms with E-state index >= 15 is 0 Å². The molecule has 0 spiro atoms. The van der Waals surface area contributed by atoms with Gasteiger partial charge < -0.3 is 0 Å². The SMILES string of the molecule is C#C.C=C.CCC. The van der Waals surface area contributed by atoms with Crippen molar-refractivity contribution < 1.29 is 0 Å². The molecule has 0 unspecified atom stereocenters. The zero-order valence-electron chi connectivity index (χ0n) is 5.28. The summed E-state index contributed by atoms with van der Waals surface area (Å²) in [6, 6.07) is 0. The van der Waals surface area contributed by atoms with Gasteiger partial charge in [-0.05, 0) is 0 Å². The third-order valence-corrected chi connectivity index (χ3v) is 0. The fourth-order valence-electron chi connectivity index (χ4n) is 0. The molecule has 0 saturated heterocycles. The maximum atomic E-state index is 4.00. The highest BCUT2D eigenvalue weighted by Gasteiger charge is 1.35. The van der Waals surface area contributed by atoms with Crippen molar-refractivity contribution in [1.82, 2.24) is 0 Å². The first-order chi connectivity index (χ1) is 3.41. The molecule has 0 aliphatic rings. The van der Waals surface area contributed by atoms with E-state index in [9.17, 15) is 0 Å². The molecule has 0 N–H and O–H groups in total. The zero-order chi connectivity index (χ0) is 6.71. The molecule has 42 valence electrons. The fraction of sp³-hybridized carbons (Fsp3) is 0.429. The van der Waals surface area contributed by atoms with Gasteiger partial charge in [0.15, 0.2) is 0 Å². The van der Waals surface area contributed by atoms with Crippen LogP contribution in [0.2, 0.25) is 0 Å². The second-order valence-electron chi connectivity index (χ2n) is 0.707. The summed E-state index contributed by atoms with van der Waals surface area (Å²) in [5, 5.41) is 0. The van der Waals surface area contributed by atoms with Crippen LogP contribution in [0, 0.1) is 12.8 Å². The van der Waals surface area contributed by atoms with Gasteiger partial charge in [0.05, 0.1) is 0 Å². The lowest BCUT2D eigenvalue weighted by Gasteiger charge is -1.48. The van der Waals surface area contributed by atoms with Crippen LogP contribution in [0.3, 0.4) is 0 Å². The van der Waals surface area contributed by atoms with Gasteiger partial charge in [-0.1, -0.05) is 20.3 Å². The molecule has 0 amide bonds. The molecule has 7 heavy (non-hydrogen) atoms. The Morgan fingerprint density at radius 3 is 1.14 bits per heavy atom. The molecule has 0 aromatic carbocycles. The number of rotatable bonds is 0. The summed E-state index contributed by atoms with van der Waals surface area (Å²) in [5.74, 6) is 0. The molecule has 0 heteroatoms. The van der Waals surface area contributed by atoms with Gasteiger partial charge >= 0.3 is 0 Å². The molecule has 0 aliphatic carbocycles. The summed E-state index contributed by atoms with van der Waals surface area (Å²) < 4.78 is 0. The first kappa shape index (κ1) is 16.3. The van der Waals surface area contributed by atoms with Gasteiger partial charge in [0.2, 0.25) is 0 Å². The Hall–Kier alpha value is -0.700. The molecule has 0 aromatic heterocycles. The van der Waals surface area contributed by atoms with E-state index < -0.39 is 0 Å². The Balaban J connectivity index is -0.0000000360. The van der Waals surface area contributed by atoms with Gasteiger partial charge in [-0.2, -0.15) is 0 Å². The molecule has 0 atom stereocenters. The number of hydrogen-bond donors (Lipinski definition) is 0. The van der Waals surface area contributed by atoms with E-state index in [1.54, 1.807) is 0 Å². The molecule has 0 saturated carbocycles. The van der Waals surface area contributed by atoms with Crippen LogP contribution >= 0.6 is 0 Å². The lowest BCUT2D eigenvalue weighted by atomic mass is 10.6. The van der Waals surface area contributed by atoms with E-state index in [2.05, 4.69) is 39.9 Å². The Morgan fingerprint density at radius 2 is 1.14 bits per heavy atom. The van der Waals surface area contributed by atoms with Crippen molar-refractivity contribution in [3.8, 4) is 12.8 Å². The average Bonchev–Trinajstić information content (AvgIpc) is 1.78. The minimum Gasteiger partial charge on any atom is -0.124 e. The lowest BCUT2D eigenvalue weighted by Crippen LogP contribution is -1.27. The van der Waals surface area contributed by atoms with Crippen LogP contribution in [0.15, 0.2) is 13.2 Å². The van der Waals surface area contributed by atoms with E-state index in [1.807, 2.05) is 0 Å². The monoisotopic (exact) mass is 98.1 g/mol. The molecule has 0 aromatic rings. The summed E-state index contributed by atoms with van der Waals surface area (Å²) in [6.45, 7) is 10.2. The molecule has 0 heterocycles. The molecular weight excluding hydrogens is 84.1 g/mol. The normalized spacial score (nSPS) is 3.43. The minimum absolute atomic E-state index is 1.25. The molecule has 0 aliphatic heterocycles. The first-order valence-electron chi connectivity index (χ1n) is 2.25. The highest BCUT2D eigenvalue weighted by atomic mass is 13.4. The predicted molar refractivity (Wildman–Crippen MR) is 37.1 cm³/mol. The Labute approximate surface area is 47.3 Å². The molecule has 0 rings (SSSR count). The molecule has 0 radical (unpaired) electrons. The van der Waals surface area contributed by atoms with Gasteiger partial charge in [0.1, 0.15) is 0 Å². The Morgan fingerprint density at radius 1 is 1.14 bits per heavy atom. The Bertz CT molecular complexity index is 18.5. The van der Waals surface area contributed by atoms with Crippen LogP contribution in [0.25, 0.3) is 0 Å². The molecular formula is C7H14. The maximum Gasteiger partial charge on any atom is -0.0590 e. The first-order valence-corrected chi connectivity index (χ1v) is 2.25. The van der Waals surface area contributed by atoms with Gasteiger partial charge in [-0.3, -0.25) is 0 Å². The van der Waals surface area contributed by atoms with Crippen LogP contribution in [0.4, 0.5) is 0 Å². The number of hydrogen-bond acceptors (Lipinski definition) is 0. The van der Waals surface area contributed by atoms with Crippen molar-refractivity contribution in [3.63, 3.8) is 0 Å². The Kier molecular flexibility index (Phi) is 2530. The standard InChI is InChI=1S/C3H8.C2H4.C2H2/c1-3-2;2*1-2/h3H2,1-2H3;1-2H2;1-2H. The third kappa shape index (κ3) is 118. The van der Waals surface area contributed by atoms with Crippen LogP contribution in [0.5, 0.6) is 0 Å². The van der Waals surface area contributed by atoms with Gasteiger partial charge in [0, 0.05) is 0 Å². The van der Waals surface area contributed by atoms with Crippen LogP contribution in [-0.2, 0) is 0 Å². The van der Waals surface area contributed by atoms with Gasteiger partial charge in [-0.15, -0.1) is 26.0 Å².